The Morgan fingerprint density at radius 2 is 1.72 bits per heavy atom. The zero-order valence-electron chi connectivity index (χ0n) is 19.4. The fraction of sp³-hybridized carbons (Fsp3) is 0.172. The summed E-state index contributed by atoms with van der Waals surface area (Å²) < 4.78 is 28.5. The first kappa shape index (κ1) is 24.1. The Kier molecular flexibility index (Phi) is 6.58. The number of Topliss-reactive ketones (excluding diaryl/α,β-unsaturated/α-hetero) is 1. The molecule has 0 spiro atoms. The summed E-state index contributed by atoms with van der Waals surface area (Å²) in [7, 11) is 0. The van der Waals surface area contributed by atoms with E-state index < -0.39 is 23.5 Å². The SMILES string of the molecule is CC1=C(C(=O)Nc2ccc(F)cc2F)C(c2cccc(Br)c2)C2=C(CC(c3ccccc3)CC2=O)N1. The smallest absolute Gasteiger partial charge is 0.254 e. The third-order valence-electron chi connectivity index (χ3n) is 6.70. The van der Waals surface area contributed by atoms with Gasteiger partial charge in [-0.25, -0.2) is 8.78 Å². The number of amides is 1. The number of anilines is 1. The Hall–Kier alpha value is -3.58. The molecule has 1 heterocycles. The van der Waals surface area contributed by atoms with Crippen molar-refractivity contribution in [2.24, 2.45) is 0 Å². The third kappa shape index (κ3) is 4.63. The second-order valence-corrected chi connectivity index (χ2v) is 9.98. The first-order chi connectivity index (χ1) is 17.3. The largest absolute Gasteiger partial charge is 0.362 e. The summed E-state index contributed by atoms with van der Waals surface area (Å²) in [6.45, 7) is 1.78. The number of rotatable bonds is 4. The molecule has 2 aliphatic rings. The Morgan fingerprint density at radius 1 is 0.972 bits per heavy atom. The first-order valence-corrected chi connectivity index (χ1v) is 12.4. The van der Waals surface area contributed by atoms with E-state index in [9.17, 15) is 18.4 Å². The van der Waals surface area contributed by atoms with Crippen molar-refractivity contribution in [3.63, 3.8) is 0 Å². The van der Waals surface area contributed by atoms with Gasteiger partial charge < -0.3 is 10.6 Å². The van der Waals surface area contributed by atoms with Gasteiger partial charge in [0.05, 0.1) is 5.69 Å². The average molecular weight is 549 g/mol. The van der Waals surface area contributed by atoms with E-state index in [1.165, 1.54) is 6.07 Å². The monoisotopic (exact) mass is 548 g/mol. The van der Waals surface area contributed by atoms with Gasteiger partial charge in [0.25, 0.3) is 5.91 Å². The minimum Gasteiger partial charge on any atom is -0.362 e. The topological polar surface area (TPSA) is 58.2 Å². The summed E-state index contributed by atoms with van der Waals surface area (Å²) in [5, 5.41) is 5.89. The third-order valence-corrected chi connectivity index (χ3v) is 7.20. The number of hydrogen-bond donors (Lipinski definition) is 2. The van der Waals surface area contributed by atoms with Gasteiger partial charge in [-0.15, -0.1) is 0 Å². The van der Waals surface area contributed by atoms with Gasteiger partial charge in [-0.2, -0.15) is 0 Å². The Morgan fingerprint density at radius 3 is 2.44 bits per heavy atom. The maximum atomic E-state index is 14.3. The van der Waals surface area contributed by atoms with E-state index in [1.54, 1.807) is 6.92 Å². The van der Waals surface area contributed by atoms with Crippen LogP contribution in [0.15, 0.2) is 99.8 Å². The van der Waals surface area contributed by atoms with Crippen molar-refractivity contribution in [2.45, 2.75) is 31.6 Å². The molecule has 0 saturated carbocycles. The highest BCUT2D eigenvalue weighted by Gasteiger charge is 2.41. The average Bonchev–Trinajstić information content (AvgIpc) is 2.85. The van der Waals surface area contributed by atoms with Crippen molar-refractivity contribution in [1.82, 2.24) is 5.32 Å². The lowest BCUT2D eigenvalue weighted by molar-refractivity contribution is -0.116. The van der Waals surface area contributed by atoms with Gasteiger partial charge in [0, 0.05) is 45.4 Å². The summed E-state index contributed by atoms with van der Waals surface area (Å²) >= 11 is 3.50. The number of allylic oxidation sites excluding steroid dienone is 3. The Bertz CT molecular complexity index is 1430. The highest BCUT2D eigenvalue weighted by Crippen LogP contribution is 2.46. The molecule has 1 aliphatic heterocycles. The first-order valence-electron chi connectivity index (χ1n) is 11.6. The number of ketones is 1. The lowest BCUT2D eigenvalue weighted by atomic mass is 9.71. The van der Waals surface area contributed by atoms with Gasteiger partial charge in [-0.05, 0) is 54.7 Å². The van der Waals surface area contributed by atoms with Gasteiger partial charge in [0.1, 0.15) is 11.6 Å². The molecule has 1 amide bonds. The second kappa shape index (κ2) is 9.82. The summed E-state index contributed by atoms with van der Waals surface area (Å²) in [5.74, 6) is -2.80. The van der Waals surface area contributed by atoms with Crippen LogP contribution in [0.4, 0.5) is 14.5 Å². The fourth-order valence-corrected chi connectivity index (χ4v) is 5.52. The zero-order chi connectivity index (χ0) is 25.4. The molecule has 0 bridgehead atoms. The molecular formula is C29H23BrF2N2O2. The number of carbonyl (C=O) groups is 2. The van der Waals surface area contributed by atoms with Gasteiger partial charge in [0.2, 0.25) is 0 Å². The summed E-state index contributed by atoms with van der Waals surface area (Å²) in [4.78, 5) is 27.2. The number of dihydropyridines is 1. The highest BCUT2D eigenvalue weighted by molar-refractivity contribution is 9.10. The molecule has 4 nitrogen and oxygen atoms in total. The predicted molar refractivity (Wildman–Crippen MR) is 138 cm³/mol. The highest BCUT2D eigenvalue weighted by atomic mass is 79.9. The molecule has 3 aromatic carbocycles. The number of benzene rings is 3. The fourth-order valence-electron chi connectivity index (χ4n) is 5.10. The molecule has 36 heavy (non-hydrogen) atoms. The number of carbonyl (C=O) groups excluding carboxylic acids is 2. The lowest BCUT2D eigenvalue weighted by Gasteiger charge is -2.37. The molecule has 0 radical (unpaired) electrons. The molecule has 1 aliphatic carbocycles. The van der Waals surface area contributed by atoms with Crippen LogP contribution in [0.5, 0.6) is 0 Å². The number of nitrogens with one attached hydrogen (secondary N) is 2. The summed E-state index contributed by atoms with van der Waals surface area (Å²) in [5.41, 5.74) is 3.99. The molecule has 3 aromatic rings. The normalized spacial score (nSPS) is 19.6. The van der Waals surface area contributed by atoms with E-state index in [0.29, 0.717) is 29.7 Å². The van der Waals surface area contributed by atoms with E-state index in [-0.39, 0.29) is 17.4 Å². The van der Waals surface area contributed by atoms with Crippen LogP contribution in [0.3, 0.4) is 0 Å². The van der Waals surface area contributed by atoms with Crippen molar-refractivity contribution < 1.29 is 18.4 Å². The maximum Gasteiger partial charge on any atom is 0.254 e. The van der Waals surface area contributed by atoms with Gasteiger partial charge in [0.15, 0.2) is 5.78 Å². The van der Waals surface area contributed by atoms with E-state index in [1.807, 2.05) is 54.6 Å². The predicted octanol–water partition coefficient (Wildman–Crippen LogP) is 6.73. The standard InChI is InChI=1S/C29H23BrF2N2O2/c1-16-26(29(36)34-23-11-10-21(31)15-22(23)32)27(18-8-5-9-20(30)12-18)28-24(33-16)13-19(14-25(28)35)17-6-3-2-4-7-17/h2-12,15,19,27,33H,13-14H2,1H3,(H,34,36). The molecule has 7 heteroatoms. The zero-order valence-corrected chi connectivity index (χ0v) is 21.0. The van der Waals surface area contributed by atoms with E-state index in [0.717, 1.165) is 33.4 Å². The van der Waals surface area contributed by atoms with Crippen molar-refractivity contribution in [1.29, 1.82) is 0 Å². The minimum absolute atomic E-state index is 0.0320. The molecule has 0 saturated heterocycles. The van der Waals surface area contributed by atoms with Crippen molar-refractivity contribution in [2.75, 3.05) is 5.32 Å². The maximum absolute atomic E-state index is 14.3. The Labute approximate surface area is 216 Å². The molecule has 2 unspecified atom stereocenters. The van der Waals surface area contributed by atoms with Crippen LogP contribution in [0.1, 0.15) is 42.7 Å². The quantitative estimate of drug-likeness (QED) is 0.380. The molecule has 2 atom stereocenters. The van der Waals surface area contributed by atoms with E-state index in [2.05, 4.69) is 26.6 Å². The molecule has 182 valence electrons. The van der Waals surface area contributed by atoms with Crippen LogP contribution in [-0.2, 0) is 9.59 Å². The summed E-state index contributed by atoms with van der Waals surface area (Å²) in [6.07, 6.45) is 0.962. The van der Waals surface area contributed by atoms with Crippen LogP contribution in [0, 0.1) is 11.6 Å². The lowest BCUT2D eigenvalue weighted by Crippen LogP contribution is -2.37. The van der Waals surface area contributed by atoms with Crippen LogP contribution in [-0.4, -0.2) is 11.7 Å². The number of hydrogen-bond acceptors (Lipinski definition) is 3. The summed E-state index contributed by atoms with van der Waals surface area (Å²) in [6, 6.07) is 20.4. The van der Waals surface area contributed by atoms with Gasteiger partial charge in [-0.3, -0.25) is 9.59 Å². The second-order valence-electron chi connectivity index (χ2n) is 9.06. The molecule has 0 aromatic heterocycles. The van der Waals surface area contributed by atoms with Crippen molar-refractivity contribution >= 4 is 33.3 Å². The molecule has 5 rings (SSSR count). The van der Waals surface area contributed by atoms with Crippen LogP contribution in [0.2, 0.25) is 0 Å². The van der Waals surface area contributed by atoms with Crippen molar-refractivity contribution in [3.8, 4) is 0 Å². The van der Waals surface area contributed by atoms with E-state index >= 15 is 0 Å². The Balaban J connectivity index is 1.57. The van der Waals surface area contributed by atoms with Crippen LogP contribution >= 0.6 is 15.9 Å². The molecule has 2 N–H and O–H groups in total. The molecular weight excluding hydrogens is 526 g/mol. The van der Waals surface area contributed by atoms with E-state index in [4.69, 9.17) is 0 Å². The number of halogens is 3. The van der Waals surface area contributed by atoms with Gasteiger partial charge in [-0.1, -0.05) is 58.4 Å². The minimum atomic E-state index is -0.872. The van der Waals surface area contributed by atoms with Gasteiger partial charge >= 0.3 is 0 Å². The van der Waals surface area contributed by atoms with Crippen LogP contribution in [0.25, 0.3) is 0 Å². The molecule has 0 fully saturated rings. The van der Waals surface area contributed by atoms with Crippen molar-refractivity contribution in [3.05, 3.63) is 123 Å². The van der Waals surface area contributed by atoms with Crippen LogP contribution < -0.4 is 10.6 Å².